The summed E-state index contributed by atoms with van der Waals surface area (Å²) < 4.78 is 1.89. The van der Waals surface area contributed by atoms with Crippen LogP contribution in [0.3, 0.4) is 0 Å². The van der Waals surface area contributed by atoms with Crippen LogP contribution in [0.2, 0.25) is 0 Å². The maximum absolute atomic E-state index is 11.8. The molecule has 1 heterocycles. The molecule has 1 saturated carbocycles. The smallest absolute Gasteiger partial charge is 0.250 e. The number of aryl methyl sites for hydroxylation is 1. The van der Waals surface area contributed by atoms with Crippen molar-refractivity contribution in [3.63, 3.8) is 0 Å². The fraction of sp³-hybridized carbons (Fsp3) is 0.643. The van der Waals surface area contributed by atoms with Crippen molar-refractivity contribution in [3.05, 3.63) is 34.2 Å². The largest absolute Gasteiger partial charge is 0.312 e. The fourth-order valence-corrected chi connectivity index (χ4v) is 2.26. The lowest BCUT2D eigenvalue weighted by molar-refractivity contribution is 0.399. The Hall–Kier alpha value is -1.09. The standard InChI is InChI=1S/C14H22N2O/c1-3-9-15-13(12-7-8-12)10-16-11(2)5-4-6-14(16)17/h4-6,12-13,15H,3,7-10H2,1-2H3. The SMILES string of the molecule is CCCNC(Cn1c(C)cccc1=O)C1CC1. The molecule has 0 spiro atoms. The van der Waals surface area contributed by atoms with Crippen LogP contribution in [0.4, 0.5) is 0 Å². The van der Waals surface area contributed by atoms with E-state index in [0.717, 1.165) is 31.1 Å². The minimum atomic E-state index is 0.119. The Labute approximate surface area is 103 Å². The molecule has 1 aromatic heterocycles. The highest BCUT2D eigenvalue weighted by molar-refractivity contribution is 5.05. The number of aromatic nitrogens is 1. The van der Waals surface area contributed by atoms with Gasteiger partial charge in [-0.25, -0.2) is 0 Å². The minimum Gasteiger partial charge on any atom is -0.312 e. The van der Waals surface area contributed by atoms with Gasteiger partial charge in [0.2, 0.25) is 0 Å². The molecule has 0 aromatic carbocycles. The van der Waals surface area contributed by atoms with Crippen LogP contribution in [0.25, 0.3) is 0 Å². The highest BCUT2D eigenvalue weighted by Gasteiger charge is 2.31. The molecule has 0 amide bonds. The van der Waals surface area contributed by atoms with E-state index in [4.69, 9.17) is 0 Å². The van der Waals surface area contributed by atoms with Crippen molar-refractivity contribution in [1.82, 2.24) is 9.88 Å². The van der Waals surface area contributed by atoms with Crippen LogP contribution in [0.1, 0.15) is 31.9 Å². The van der Waals surface area contributed by atoms with Gasteiger partial charge in [0.15, 0.2) is 0 Å². The summed E-state index contributed by atoms with van der Waals surface area (Å²) in [6.07, 6.45) is 3.76. The molecular weight excluding hydrogens is 212 g/mol. The Bertz CT molecular complexity index is 420. The van der Waals surface area contributed by atoms with Crippen molar-refractivity contribution in [2.45, 2.75) is 45.7 Å². The maximum Gasteiger partial charge on any atom is 0.250 e. The number of hydrogen-bond acceptors (Lipinski definition) is 2. The first-order valence-electron chi connectivity index (χ1n) is 6.62. The van der Waals surface area contributed by atoms with Crippen LogP contribution in [0.5, 0.6) is 0 Å². The molecule has 0 saturated heterocycles. The second-order valence-electron chi connectivity index (χ2n) is 5.01. The van der Waals surface area contributed by atoms with Crippen LogP contribution < -0.4 is 10.9 Å². The summed E-state index contributed by atoms with van der Waals surface area (Å²) in [6.45, 7) is 6.04. The Balaban J connectivity index is 2.08. The molecule has 1 aliphatic rings. The number of rotatable bonds is 6. The summed E-state index contributed by atoms with van der Waals surface area (Å²) >= 11 is 0. The lowest BCUT2D eigenvalue weighted by atomic mass is 10.1. The van der Waals surface area contributed by atoms with Gasteiger partial charge in [0.1, 0.15) is 0 Å². The van der Waals surface area contributed by atoms with Gasteiger partial charge in [-0.1, -0.05) is 13.0 Å². The fourth-order valence-electron chi connectivity index (χ4n) is 2.26. The van der Waals surface area contributed by atoms with Gasteiger partial charge in [-0.15, -0.1) is 0 Å². The van der Waals surface area contributed by atoms with E-state index >= 15 is 0 Å². The van der Waals surface area contributed by atoms with E-state index in [-0.39, 0.29) is 5.56 Å². The number of nitrogens with one attached hydrogen (secondary N) is 1. The molecule has 1 unspecified atom stereocenters. The van der Waals surface area contributed by atoms with Crippen LogP contribution in [0, 0.1) is 12.8 Å². The summed E-state index contributed by atoms with van der Waals surface area (Å²) in [7, 11) is 0. The lowest BCUT2D eigenvalue weighted by Gasteiger charge is -2.20. The van der Waals surface area contributed by atoms with Crippen molar-refractivity contribution in [1.29, 1.82) is 0 Å². The Kier molecular flexibility index (Phi) is 4.00. The second-order valence-corrected chi connectivity index (χ2v) is 5.01. The summed E-state index contributed by atoms with van der Waals surface area (Å²) in [6, 6.07) is 5.95. The Morgan fingerprint density at radius 1 is 1.47 bits per heavy atom. The van der Waals surface area contributed by atoms with E-state index < -0.39 is 0 Å². The topological polar surface area (TPSA) is 34.0 Å². The highest BCUT2D eigenvalue weighted by atomic mass is 16.1. The molecule has 2 rings (SSSR count). The summed E-state index contributed by atoms with van der Waals surface area (Å²) in [4.78, 5) is 11.8. The zero-order chi connectivity index (χ0) is 12.3. The predicted octanol–water partition coefficient (Wildman–Crippen LogP) is 1.93. The van der Waals surface area contributed by atoms with Gasteiger partial charge >= 0.3 is 0 Å². The third-order valence-corrected chi connectivity index (χ3v) is 3.49. The van der Waals surface area contributed by atoms with Gasteiger partial charge in [-0.2, -0.15) is 0 Å². The molecule has 1 N–H and O–H groups in total. The van der Waals surface area contributed by atoms with Crippen LogP contribution in [0.15, 0.2) is 23.0 Å². The van der Waals surface area contributed by atoms with E-state index in [1.807, 2.05) is 23.6 Å². The quantitative estimate of drug-likeness (QED) is 0.816. The van der Waals surface area contributed by atoms with Crippen LogP contribution in [-0.2, 0) is 6.54 Å². The monoisotopic (exact) mass is 234 g/mol. The van der Waals surface area contributed by atoms with E-state index in [1.54, 1.807) is 6.07 Å². The molecule has 1 fully saturated rings. The second kappa shape index (κ2) is 5.50. The van der Waals surface area contributed by atoms with Crippen LogP contribution >= 0.6 is 0 Å². The first kappa shape index (κ1) is 12.4. The van der Waals surface area contributed by atoms with Crippen molar-refractivity contribution >= 4 is 0 Å². The molecule has 1 aromatic rings. The molecule has 1 aliphatic carbocycles. The third-order valence-electron chi connectivity index (χ3n) is 3.49. The van der Waals surface area contributed by atoms with E-state index in [2.05, 4.69) is 12.2 Å². The van der Waals surface area contributed by atoms with Gasteiger partial charge in [0.05, 0.1) is 0 Å². The van der Waals surface area contributed by atoms with E-state index in [9.17, 15) is 4.79 Å². The average Bonchev–Trinajstić information content (AvgIpc) is 3.12. The molecule has 3 nitrogen and oxygen atoms in total. The summed E-state index contributed by atoms with van der Waals surface area (Å²) in [5.74, 6) is 0.771. The molecule has 0 aliphatic heterocycles. The predicted molar refractivity (Wildman–Crippen MR) is 70.2 cm³/mol. The first-order chi connectivity index (χ1) is 8.22. The third kappa shape index (κ3) is 3.19. The summed E-state index contributed by atoms with van der Waals surface area (Å²) in [5.41, 5.74) is 1.18. The molecule has 3 heteroatoms. The maximum atomic E-state index is 11.8. The van der Waals surface area contributed by atoms with Crippen molar-refractivity contribution in [2.75, 3.05) is 6.54 Å². The zero-order valence-corrected chi connectivity index (χ0v) is 10.8. The van der Waals surface area contributed by atoms with Gasteiger partial charge in [-0.05, 0) is 44.7 Å². The van der Waals surface area contributed by atoms with Crippen LogP contribution in [-0.4, -0.2) is 17.2 Å². The van der Waals surface area contributed by atoms with E-state index in [0.29, 0.717) is 6.04 Å². The summed E-state index contributed by atoms with van der Waals surface area (Å²) in [5, 5.41) is 3.57. The first-order valence-corrected chi connectivity index (χ1v) is 6.62. The Morgan fingerprint density at radius 3 is 2.82 bits per heavy atom. The number of nitrogens with zero attached hydrogens (tertiary/aromatic N) is 1. The van der Waals surface area contributed by atoms with Crippen molar-refractivity contribution in [3.8, 4) is 0 Å². The number of pyridine rings is 1. The average molecular weight is 234 g/mol. The molecule has 1 atom stereocenters. The molecule has 94 valence electrons. The molecule has 0 bridgehead atoms. The highest BCUT2D eigenvalue weighted by Crippen LogP contribution is 2.33. The molecule has 0 radical (unpaired) electrons. The Morgan fingerprint density at radius 2 is 2.24 bits per heavy atom. The van der Waals surface area contributed by atoms with Gasteiger partial charge in [-0.3, -0.25) is 4.79 Å². The molecule has 17 heavy (non-hydrogen) atoms. The normalized spacial score (nSPS) is 17.1. The lowest BCUT2D eigenvalue weighted by Crippen LogP contribution is -2.39. The van der Waals surface area contributed by atoms with E-state index in [1.165, 1.54) is 12.8 Å². The van der Waals surface area contributed by atoms with Gasteiger partial charge in [0.25, 0.3) is 5.56 Å². The van der Waals surface area contributed by atoms with Gasteiger partial charge in [0, 0.05) is 24.3 Å². The van der Waals surface area contributed by atoms with Gasteiger partial charge < -0.3 is 9.88 Å². The van der Waals surface area contributed by atoms with Crippen molar-refractivity contribution < 1.29 is 0 Å². The zero-order valence-electron chi connectivity index (χ0n) is 10.8. The van der Waals surface area contributed by atoms with Crippen molar-refractivity contribution in [2.24, 2.45) is 5.92 Å². The number of hydrogen-bond donors (Lipinski definition) is 1. The minimum absolute atomic E-state index is 0.119. The molecular formula is C14H22N2O.